The molecule has 2 N–H and O–H groups in total. The summed E-state index contributed by atoms with van der Waals surface area (Å²) in [6.45, 7) is 6.28. The normalized spacial score (nSPS) is 11.2. The second-order valence-corrected chi connectivity index (χ2v) is 4.01. The van der Waals surface area contributed by atoms with Crippen LogP contribution in [0.15, 0.2) is 11.1 Å². The quantitative estimate of drug-likeness (QED) is 0.801. The summed E-state index contributed by atoms with van der Waals surface area (Å²) >= 11 is 0. The molecular formula is C11H19N3O2. The van der Waals surface area contributed by atoms with Crippen LogP contribution in [0.2, 0.25) is 0 Å². The van der Waals surface area contributed by atoms with E-state index in [2.05, 4.69) is 36.1 Å². The number of nitrogens with one attached hydrogen (secondary N) is 2. The summed E-state index contributed by atoms with van der Waals surface area (Å²) < 4.78 is 5.04. The first-order chi connectivity index (χ1) is 7.56. The maximum Gasteiger partial charge on any atom is 0.295 e. The molecule has 0 saturated carbocycles. The molecular weight excluding hydrogens is 206 g/mol. The average molecular weight is 225 g/mol. The van der Waals surface area contributed by atoms with Crippen LogP contribution < -0.4 is 15.6 Å². The summed E-state index contributed by atoms with van der Waals surface area (Å²) in [6.07, 6.45) is 3.27. The lowest BCUT2D eigenvalue weighted by molar-refractivity contribution is 0.402. The number of nitrogens with zero attached hydrogens (tertiary/aromatic N) is 1. The minimum atomic E-state index is -0.269. The highest BCUT2D eigenvalue weighted by molar-refractivity contribution is 5.49. The van der Waals surface area contributed by atoms with Gasteiger partial charge in [0.1, 0.15) is 0 Å². The average Bonchev–Trinajstić information content (AvgIpc) is 2.29. The molecule has 0 spiro atoms. The predicted octanol–water partition coefficient (Wildman–Crippen LogP) is 1.77. The number of H-pyrrole nitrogens is 1. The van der Waals surface area contributed by atoms with Gasteiger partial charge < -0.3 is 15.0 Å². The van der Waals surface area contributed by atoms with E-state index in [1.807, 2.05) is 0 Å². The lowest BCUT2D eigenvalue weighted by atomic mass is 9.95. The second kappa shape index (κ2) is 5.01. The Bertz CT molecular complexity index is 396. The Kier molecular flexibility index (Phi) is 3.93. The molecule has 5 heteroatoms. The Morgan fingerprint density at radius 2 is 2.12 bits per heavy atom. The van der Waals surface area contributed by atoms with Gasteiger partial charge in [0.25, 0.3) is 5.56 Å². The van der Waals surface area contributed by atoms with Crippen LogP contribution in [0.25, 0.3) is 0 Å². The van der Waals surface area contributed by atoms with E-state index in [1.165, 1.54) is 13.4 Å². The Balaban J connectivity index is 3.05. The Morgan fingerprint density at radius 3 is 2.62 bits per heavy atom. The van der Waals surface area contributed by atoms with Crippen LogP contribution in [0.1, 0.15) is 33.6 Å². The molecule has 0 amide bonds. The van der Waals surface area contributed by atoms with Crippen LogP contribution >= 0.6 is 0 Å². The first kappa shape index (κ1) is 12.5. The molecule has 1 aromatic heterocycles. The molecule has 0 aliphatic heterocycles. The van der Waals surface area contributed by atoms with Crippen molar-refractivity contribution in [3.05, 3.63) is 16.7 Å². The second-order valence-electron chi connectivity index (χ2n) is 4.01. The van der Waals surface area contributed by atoms with Crippen molar-refractivity contribution in [2.75, 3.05) is 12.4 Å². The Labute approximate surface area is 95.3 Å². The van der Waals surface area contributed by atoms with Gasteiger partial charge in [0, 0.05) is 5.54 Å². The van der Waals surface area contributed by atoms with Crippen molar-refractivity contribution >= 4 is 5.82 Å². The largest absolute Gasteiger partial charge is 0.489 e. The molecule has 16 heavy (non-hydrogen) atoms. The van der Waals surface area contributed by atoms with Gasteiger partial charge in [-0.2, -0.15) is 0 Å². The third kappa shape index (κ3) is 2.53. The highest BCUT2D eigenvalue weighted by Gasteiger charge is 2.22. The van der Waals surface area contributed by atoms with Crippen molar-refractivity contribution in [1.82, 2.24) is 9.97 Å². The van der Waals surface area contributed by atoms with Crippen LogP contribution in [0.5, 0.6) is 5.75 Å². The highest BCUT2D eigenvalue weighted by Crippen LogP contribution is 2.24. The molecule has 0 unspecified atom stereocenters. The minimum Gasteiger partial charge on any atom is -0.489 e. The van der Waals surface area contributed by atoms with Crippen molar-refractivity contribution in [3.8, 4) is 5.75 Å². The molecule has 1 aromatic rings. The summed E-state index contributed by atoms with van der Waals surface area (Å²) in [5, 5.41) is 3.26. The third-order valence-electron chi connectivity index (χ3n) is 3.00. The summed E-state index contributed by atoms with van der Waals surface area (Å²) in [5.74, 6) is 0.730. The van der Waals surface area contributed by atoms with Gasteiger partial charge in [-0.05, 0) is 19.8 Å². The van der Waals surface area contributed by atoms with Crippen LogP contribution in [-0.4, -0.2) is 22.6 Å². The number of anilines is 1. The van der Waals surface area contributed by atoms with E-state index >= 15 is 0 Å². The van der Waals surface area contributed by atoms with E-state index in [0.717, 1.165) is 12.8 Å². The van der Waals surface area contributed by atoms with Gasteiger partial charge in [-0.3, -0.25) is 4.79 Å². The lowest BCUT2D eigenvalue weighted by Gasteiger charge is -2.29. The van der Waals surface area contributed by atoms with Gasteiger partial charge in [0.2, 0.25) is 5.75 Å². The molecule has 0 bridgehead atoms. The van der Waals surface area contributed by atoms with E-state index in [4.69, 9.17) is 4.74 Å². The number of hydrogen-bond acceptors (Lipinski definition) is 4. The topological polar surface area (TPSA) is 67.0 Å². The molecule has 0 fully saturated rings. The van der Waals surface area contributed by atoms with Crippen molar-refractivity contribution < 1.29 is 4.74 Å². The summed E-state index contributed by atoms with van der Waals surface area (Å²) in [6, 6.07) is 0. The molecule has 0 atom stereocenters. The number of methoxy groups -OCH3 is 1. The van der Waals surface area contributed by atoms with Gasteiger partial charge in [0.15, 0.2) is 5.82 Å². The van der Waals surface area contributed by atoms with E-state index in [9.17, 15) is 4.79 Å². The first-order valence-corrected chi connectivity index (χ1v) is 5.46. The molecule has 1 heterocycles. The Morgan fingerprint density at radius 1 is 1.50 bits per heavy atom. The summed E-state index contributed by atoms with van der Waals surface area (Å²) in [4.78, 5) is 18.1. The van der Waals surface area contributed by atoms with Crippen LogP contribution in [-0.2, 0) is 0 Å². The molecule has 90 valence electrons. The standard InChI is InChI=1S/C11H19N3O2/c1-5-11(3,6-2)14-9-8(16-4)10(15)13-7-12-9/h7H,5-6H2,1-4H3,(H2,12,13,14,15). The van der Waals surface area contributed by atoms with Gasteiger partial charge in [-0.15, -0.1) is 0 Å². The zero-order chi connectivity index (χ0) is 12.2. The number of rotatable bonds is 5. The van der Waals surface area contributed by atoms with Gasteiger partial charge in [0.05, 0.1) is 13.4 Å². The fourth-order valence-electron chi connectivity index (χ4n) is 1.38. The van der Waals surface area contributed by atoms with E-state index < -0.39 is 0 Å². The molecule has 0 aliphatic rings. The maximum atomic E-state index is 11.5. The smallest absolute Gasteiger partial charge is 0.295 e. The van der Waals surface area contributed by atoms with Crippen molar-refractivity contribution in [3.63, 3.8) is 0 Å². The monoisotopic (exact) mass is 225 g/mol. The van der Waals surface area contributed by atoms with Crippen LogP contribution in [0, 0.1) is 0 Å². The van der Waals surface area contributed by atoms with Crippen LogP contribution in [0.4, 0.5) is 5.82 Å². The molecule has 0 saturated heterocycles. The van der Waals surface area contributed by atoms with Crippen LogP contribution in [0.3, 0.4) is 0 Å². The van der Waals surface area contributed by atoms with Crippen molar-refractivity contribution in [2.24, 2.45) is 0 Å². The fourth-order valence-corrected chi connectivity index (χ4v) is 1.38. The molecule has 0 aliphatic carbocycles. The highest BCUT2D eigenvalue weighted by atomic mass is 16.5. The number of aromatic nitrogens is 2. The van der Waals surface area contributed by atoms with Crippen molar-refractivity contribution in [1.29, 1.82) is 0 Å². The number of ether oxygens (including phenoxy) is 1. The maximum absolute atomic E-state index is 11.5. The molecule has 5 nitrogen and oxygen atoms in total. The number of aromatic amines is 1. The van der Waals surface area contributed by atoms with Gasteiger partial charge >= 0.3 is 0 Å². The predicted molar refractivity (Wildman–Crippen MR) is 64.0 cm³/mol. The van der Waals surface area contributed by atoms with E-state index in [1.54, 1.807) is 0 Å². The third-order valence-corrected chi connectivity index (χ3v) is 3.00. The minimum absolute atomic E-state index is 0.0753. The van der Waals surface area contributed by atoms with E-state index in [-0.39, 0.29) is 16.8 Å². The molecule has 1 rings (SSSR count). The summed E-state index contributed by atoms with van der Waals surface area (Å²) in [5.41, 5.74) is -0.344. The van der Waals surface area contributed by atoms with Gasteiger partial charge in [-0.1, -0.05) is 13.8 Å². The molecule has 0 aromatic carbocycles. The zero-order valence-corrected chi connectivity index (χ0v) is 10.3. The number of hydrogen-bond donors (Lipinski definition) is 2. The van der Waals surface area contributed by atoms with E-state index in [0.29, 0.717) is 5.82 Å². The first-order valence-electron chi connectivity index (χ1n) is 5.46. The Hall–Kier alpha value is -1.52. The van der Waals surface area contributed by atoms with Crippen molar-refractivity contribution in [2.45, 2.75) is 39.2 Å². The zero-order valence-electron chi connectivity index (χ0n) is 10.3. The fraction of sp³-hybridized carbons (Fsp3) is 0.636. The lowest BCUT2D eigenvalue weighted by Crippen LogP contribution is -2.34. The SMILES string of the molecule is CCC(C)(CC)Nc1nc[nH]c(=O)c1OC. The van der Waals surface area contributed by atoms with Gasteiger partial charge in [-0.25, -0.2) is 4.98 Å². The summed E-state index contributed by atoms with van der Waals surface area (Å²) in [7, 11) is 1.46. The molecule has 0 radical (unpaired) electrons.